The van der Waals surface area contributed by atoms with Crippen molar-refractivity contribution in [3.05, 3.63) is 70.8 Å². The minimum absolute atomic E-state index is 0.0950. The largest absolute Gasteiger partial charge is 0.486 e. The number of esters is 2. The molecule has 0 bridgehead atoms. The van der Waals surface area contributed by atoms with Crippen LogP contribution < -0.4 is 14.2 Å². The van der Waals surface area contributed by atoms with Crippen LogP contribution >= 0.6 is 0 Å². The number of pyridine rings is 1. The van der Waals surface area contributed by atoms with Gasteiger partial charge >= 0.3 is 11.9 Å². The summed E-state index contributed by atoms with van der Waals surface area (Å²) in [6, 6.07) is 13.7. The molecule has 384 valence electrons. The summed E-state index contributed by atoms with van der Waals surface area (Å²) in [5, 5.41) is 0.842. The molecular weight excluding hydrogens is 903 g/mol. The van der Waals surface area contributed by atoms with Crippen molar-refractivity contribution in [1.82, 2.24) is 4.98 Å². The number of nitrogens with zero attached hydrogens (tertiary/aromatic N) is 1. The van der Waals surface area contributed by atoms with Crippen molar-refractivity contribution in [2.75, 3.05) is 143 Å². The van der Waals surface area contributed by atoms with Gasteiger partial charge in [0.1, 0.15) is 53.9 Å². The van der Waals surface area contributed by atoms with Gasteiger partial charge in [0, 0.05) is 67.7 Å². The average molecular weight is 974 g/mol. The molecule has 19 heteroatoms. The van der Waals surface area contributed by atoms with Gasteiger partial charge in [-0.15, -0.1) is 0 Å². The number of fused-ring (bicyclic) bond motifs is 2. The van der Waals surface area contributed by atoms with Crippen molar-refractivity contribution in [2.45, 2.75) is 50.5 Å². The van der Waals surface area contributed by atoms with Crippen LogP contribution in [0.5, 0.6) is 17.2 Å². The molecule has 19 nitrogen and oxygen atoms in total. The number of ether oxygens (including phenoxy) is 16. The number of methoxy groups -OCH3 is 9. The van der Waals surface area contributed by atoms with Gasteiger partial charge in [0.05, 0.1) is 109 Å². The summed E-state index contributed by atoms with van der Waals surface area (Å²) in [4.78, 5) is 32.3. The first-order valence-corrected chi connectivity index (χ1v) is 22.5. The highest BCUT2D eigenvalue weighted by Crippen LogP contribution is 2.34. The molecule has 0 unspecified atom stereocenters. The number of carbonyl (C=O) groups is 2. The molecule has 4 rings (SSSR count). The molecule has 1 aromatic heterocycles. The molecule has 0 N–H and O–H groups in total. The average Bonchev–Trinajstić information content (AvgIpc) is 3.33. The Balaban J connectivity index is 1.85. The molecule has 4 aromatic rings. The second kappa shape index (κ2) is 30.9. The molecule has 0 fully saturated rings. The Morgan fingerprint density at radius 2 is 0.768 bits per heavy atom. The maximum absolute atomic E-state index is 14.9. The molecule has 0 radical (unpaired) electrons. The number of benzene rings is 3. The summed E-state index contributed by atoms with van der Waals surface area (Å²) >= 11 is 0. The number of hydrogen-bond acceptors (Lipinski definition) is 19. The Labute approximate surface area is 405 Å². The summed E-state index contributed by atoms with van der Waals surface area (Å²) in [6.07, 6.45) is -2.84. The molecule has 69 heavy (non-hydrogen) atoms. The van der Waals surface area contributed by atoms with Crippen molar-refractivity contribution < 1.29 is 85.4 Å². The number of hydrogen-bond donors (Lipinski definition) is 0. The van der Waals surface area contributed by atoms with Crippen molar-refractivity contribution in [1.29, 1.82) is 0 Å². The van der Waals surface area contributed by atoms with Crippen molar-refractivity contribution in [3.63, 3.8) is 0 Å². The van der Waals surface area contributed by atoms with Crippen LogP contribution in [-0.2, 0) is 61.6 Å². The Kier molecular flexibility index (Phi) is 25.5. The Bertz CT molecular complexity index is 1960. The zero-order chi connectivity index (χ0) is 50.1. The lowest BCUT2D eigenvalue weighted by atomic mass is 10.0. The van der Waals surface area contributed by atoms with Gasteiger partial charge in [-0.1, -0.05) is 0 Å². The van der Waals surface area contributed by atoms with Crippen LogP contribution in [0.25, 0.3) is 21.8 Å². The van der Waals surface area contributed by atoms with Gasteiger partial charge in [-0.2, -0.15) is 0 Å². The zero-order valence-electron chi connectivity index (χ0n) is 41.9. The maximum Gasteiger partial charge on any atom is 0.344 e. The second-order valence-corrected chi connectivity index (χ2v) is 16.1. The maximum atomic E-state index is 14.9. The van der Waals surface area contributed by atoms with Crippen LogP contribution in [-0.4, -0.2) is 197 Å². The van der Waals surface area contributed by atoms with Gasteiger partial charge < -0.3 is 75.8 Å². The van der Waals surface area contributed by atoms with E-state index in [0.29, 0.717) is 103 Å². The van der Waals surface area contributed by atoms with E-state index in [2.05, 4.69) is 0 Å². The second-order valence-electron chi connectivity index (χ2n) is 16.1. The monoisotopic (exact) mass is 973 g/mol. The van der Waals surface area contributed by atoms with Gasteiger partial charge in [0.2, 0.25) is 0 Å². The molecule has 0 spiro atoms. The van der Waals surface area contributed by atoms with E-state index in [1.54, 1.807) is 119 Å². The van der Waals surface area contributed by atoms with E-state index in [4.69, 9.17) is 80.8 Å². The number of rotatable bonds is 35. The Morgan fingerprint density at radius 3 is 1.07 bits per heavy atom. The van der Waals surface area contributed by atoms with Crippen molar-refractivity contribution in [2.24, 2.45) is 0 Å². The first-order chi connectivity index (χ1) is 33.4. The van der Waals surface area contributed by atoms with Crippen LogP contribution in [0.3, 0.4) is 0 Å². The smallest absolute Gasteiger partial charge is 0.344 e. The van der Waals surface area contributed by atoms with Gasteiger partial charge in [0.15, 0.2) is 0 Å². The highest BCUT2D eigenvalue weighted by atomic mass is 16.6. The first-order valence-electron chi connectivity index (χ1n) is 22.5. The topological polar surface area (TPSA) is 195 Å². The van der Waals surface area contributed by atoms with Crippen LogP contribution in [0, 0.1) is 13.8 Å². The third-order valence-electron chi connectivity index (χ3n) is 10.5. The number of aryl methyl sites for hydroxylation is 2. The number of carbonyl (C=O) groups excluding carboxylic acids is 2. The van der Waals surface area contributed by atoms with Crippen LogP contribution in [0.1, 0.15) is 31.8 Å². The molecule has 0 aliphatic carbocycles. The predicted octanol–water partition coefficient (Wildman–Crippen LogP) is 5.22. The molecule has 0 saturated heterocycles. The van der Waals surface area contributed by atoms with Crippen LogP contribution in [0.2, 0.25) is 0 Å². The summed E-state index contributed by atoms with van der Waals surface area (Å²) in [5.41, 5.74) is 2.56. The van der Waals surface area contributed by atoms with E-state index in [9.17, 15) is 9.59 Å². The third kappa shape index (κ3) is 17.9. The van der Waals surface area contributed by atoms with E-state index in [1.165, 1.54) is 7.11 Å². The zero-order valence-corrected chi connectivity index (χ0v) is 41.9. The minimum atomic E-state index is -0.696. The highest BCUT2D eigenvalue weighted by Gasteiger charge is 2.26. The van der Waals surface area contributed by atoms with E-state index < -0.39 is 24.1 Å². The number of aromatic nitrogens is 1. The minimum Gasteiger partial charge on any atom is -0.486 e. The molecular formula is C50H71NO18. The van der Waals surface area contributed by atoms with E-state index in [1.807, 2.05) is 0 Å². The lowest BCUT2D eigenvalue weighted by Gasteiger charge is -2.25. The SMILES string of the molecule is COCC(COC)OCC(COC(COC)COC)Oc1ccc2nc3ccc(OC(COC(COC)COC)COC(COC)COC)cc3c(C(=O)Oc3c(C)cc(C(=O)OC)cc3C)c2c1. The fraction of sp³-hybridized carbons (Fsp3) is 0.580. The van der Waals surface area contributed by atoms with Gasteiger partial charge in [-0.05, 0) is 73.5 Å². The molecule has 0 aliphatic heterocycles. The molecule has 1 heterocycles. The summed E-state index contributed by atoms with van der Waals surface area (Å²) in [5.74, 6) is -0.158. The quantitative estimate of drug-likeness (QED) is 0.0331. The van der Waals surface area contributed by atoms with Crippen LogP contribution in [0.15, 0.2) is 48.5 Å². The molecule has 0 aliphatic rings. The van der Waals surface area contributed by atoms with E-state index in [-0.39, 0.29) is 62.2 Å². The fourth-order valence-corrected chi connectivity index (χ4v) is 7.41. The van der Waals surface area contributed by atoms with Gasteiger partial charge in [-0.25, -0.2) is 14.6 Å². The predicted molar refractivity (Wildman–Crippen MR) is 254 cm³/mol. The molecule has 0 saturated carbocycles. The molecule has 0 atom stereocenters. The highest BCUT2D eigenvalue weighted by molar-refractivity contribution is 6.15. The Morgan fingerprint density at radius 1 is 0.435 bits per heavy atom. The lowest BCUT2D eigenvalue weighted by Crippen LogP contribution is -2.36. The van der Waals surface area contributed by atoms with Gasteiger partial charge in [0.25, 0.3) is 0 Å². The van der Waals surface area contributed by atoms with Crippen LogP contribution in [0.4, 0.5) is 0 Å². The lowest BCUT2D eigenvalue weighted by molar-refractivity contribution is -0.0989. The Hall–Kier alpha value is -4.61. The standard InChI is InChI=1S/C50H71NO18/c1-32-16-34(49(52)62-11)17-33(2)48(32)69-50(53)47-43-18-35(67-41(28-63-37(20-54-3)21-55-4)29-64-38(22-56-5)23-57-6)12-14-45(43)51-46-15-13-36(19-44(46)47)68-42(30-65-39(24-58-7)25-59-8)31-66-40(26-60-9)27-61-10/h12-19,37-42H,20-31H2,1-11H3. The van der Waals surface area contributed by atoms with E-state index in [0.717, 1.165) is 0 Å². The summed E-state index contributed by atoms with van der Waals surface area (Å²) in [7, 11) is 14.0. The molecule has 3 aromatic carbocycles. The van der Waals surface area contributed by atoms with Crippen molar-refractivity contribution >= 4 is 33.7 Å². The summed E-state index contributed by atoms with van der Waals surface area (Å²) in [6.45, 7) is 6.20. The molecule has 0 amide bonds. The first kappa shape index (κ1) is 57.0. The summed E-state index contributed by atoms with van der Waals surface area (Å²) < 4.78 is 92.0. The van der Waals surface area contributed by atoms with Gasteiger partial charge in [-0.3, -0.25) is 0 Å². The fourth-order valence-electron chi connectivity index (χ4n) is 7.41. The van der Waals surface area contributed by atoms with Crippen molar-refractivity contribution in [3.8, 4) is 17.2 Å². The third-order valence-corrected chi connectivity index (χ3v) is 10.5. The normalized spacial score (nSPS) is 12.0. The van der Waals surface area contributed by atoms with E-state index >= 15 is 0 Å².